The van der Waals surface area contributed by atoms with Gasteiger partial charge in [0.05, 0.1) is 0 Å². The number of benzene rings is 4. The maximum Gasteiger partial charge on any atom is 0.141 e. The van der Waals surface area contributed by atoms with Gasteiger partial charge in [0.2, 0.25) is 0 Å². The molecule has 0 amide bonds. The summed E-state index contributed by atoms with van der Waals surface area (Å²) in [7, 11) is 0. The highest BCUT2D eigenvalue weighted by Gasteiger charge is 2.50. The molecule has 0 bridgehead atoms. The van der Waals surface area contributed by atoms with Crippen LogP contribution in [0.2, 0.25) is 5.02 Å². The second-order valence-electron chi connectivity index (χ2n) is 8.39. The average Bonchev–Trinajstić information content (AvgIpc) is 2.78. The highest BCUT2D eigenvalue weighted by atomic mass is 35.5. The predicted octanol–water partition coefficient (Wildman–Crippen LogP) is 5.84. The topological polar surface area (TPSA) is 40.5 Å². The molecule has 3 heteroatoms. The molecule has 4 aromatic carbocycles. The summed E-state index contributed by atoms with van der Waals surface area (Å²) in [4.78, 5) is 0. The van der Waals surface area contributed by atoms with Gasteiger partial charge in [0.1, 0.15) is 11.2 Å². The van der Waals surface area contributed by atoms with E-state index >= 15 is 0 Å². The molecule has 2 N–H and O–H groups in total. The highest BCUT2D eigenvalue weighted by Crippen LogP contribution is 2.53. The summed E-state index contributed by atoms with van der Waals surface area (Å²) in [5.41, 5.74) is 3.38. The zero-order chi connectivity index (χ0) is 21.8. The van der Waals surface area contributed by atoms with E-state index in [1.54, 1.807) is 12.1 Å². The molecule has 0 heterocycles. The summed E-state index contributed by atoms with van der Waals surface area (Å²) in [6.07, 6.45) is 0. The van der Waals surface area contributed by atoms with Crippen molar-refractivity contribution in [3.05, 3.63) is 141 Å². The smallest absolute Gasteiger partial charge is 0.141 e. The van der Waals surface area contributed by atoms with Gasteiger partial charge in [0.25, 0.3) is 0 Å². The van der Waals surface area contributed by atoms with Crippen molar-refractivity contribution < 1.29 is 10.2 Å². The maximum atomic E-state index is 12.3. The summed E-state index contributed by atoms with van der Waals surface area (Å²) < 4.78 is 0. The first-order chi connectivity index (χ1) is 14.8. The number of hydrogen-bond donors (Lipinski definition) is 2. The summed E-state index contributed by atoms with van der Waals surface area (Å²) in [5.74, 6) is 0. The van der Waals surface area contributed by atoms with Gasteiger partial charge in [0, 0.05) is 10.6 Å². The van der Waals surface area contributed by atoms with Crippen LogP contribution >= 0.6 is 11.6 Å². The van der Waals surface area contributed by atoms with Crippen molar-refractivity contribution in [2.24, 2.45) is 0 Å². The summed E-state index contributed by atoms with van der Waals surface area (Å²) in [5, 5.41) is 25.1. The Labute approximate surface area is 187 Å². The molecular weight excluding hydrogens is 404 g/mol. The molecule has 1 aliphatic carbocycles. The lowest BCUT2D eigenvalue weighted by molar-refractivity contribution is 0.0748. The Bertz CT molecular complexity index is 1280. The summed E-state index contributed by atoms with van der Waals surface area (Å²) >= 11 is 6.41. The first-order valence-corrected chi connectivity index (χ1v) is 10.7. The van der Waals surface area contributed by atoms with Crippen LogP contribution in [0.25, 0.3) is 0 Å². The van der Waals surface area contributed by atoms with Crippen LogP contribution in [0.15, 0.2) is 91.0 Å². The van der Waals surface area contributed by atoms with Gasteiger partial charge in [-0.05, 0) is 53.8 Å². The molecule has 2 unspecified atom stereocenters. The molecule has 0 saturated heterocycles. The van der Waals surface area contributed by atoms with Gasteiger partial charge < -0.3 is 10.2 Å². The third-order valence-electron chi connectivity index (χ3n) is 6.41. The minimum absolute atomic E-state index is 0.509. The molecule has 4 aromatic rings. The van der Waals surface area contributed by atoms with Crippen molar-refractivity contribution in [1.29, 1.82) is 0 Å². The van der Waals surface area contributed by atoms with Crippen LogP contribution < -0.4 is 0 Å². The number of aliphatic hydroxyl groups is 2. The fraction of sp³-hybridized carbons (Fsp3) is 0.143. The van der Waals surface area contributed by atoms with Gasteiger partial charge in [-0.15, -0.1) is 0 Å². The number of rotatable bonds is 2. The average molecular weight is 427 g/mol. The first-order valence-electron chi connectivity index (χ1n) is 10.3. The fourth-order valence-corrected chi connectivity index (χ4v) is 4.92. The van der Waals surface area contributed by atoms with Gasteiger partial charge in [-0.3, -0.25) is 0 Å². The van der Waals surface area contributed by atoms with Crippen LogP contribution in [0.5, 0.6) is 0 Å². The quantitative estimate of drug-likeness (QED) is 0.422. The molecule has 2 nitrogen and oxygen atoms in total. The lowest BCUT2D eigenvalue weighted by atomic mass is 9.63. The van der Waals surface area contributed by atoms with Crippen molar-refractivity contribution in [3.8, 4) is 0 Å². The van der Waals surface area contributed by atoms with Gasteiger partial charge in [-0.25, -0.2) is 0 Å². The Balaban J connectivity index is 1.89. The van der Waals surface area contributed by atoms with Crippen molar-refractivity contribution in [2.45, 2.75) is 25.0 Å². The van der Waals surface area contributed by atoms with Crippen LogP contribution in [0.3, 0.4) is 0 Å². The zero-order valence-electron chi connectivity index (χ0n) is 17.4. The Hall–Kier alpha value is -2.91. The van der Waals surface area contributed by atoms with Gasteiger partial charge in [0.15, 0.2) is 0 Å². The number of aryl methyl sites for hydroxylation is 2. The third kappa shape index (κ3) is 2.87. The van der Waals surface area contributed by atoms with E-state index in [-0.39, 0.29) is 0 Å². The zero-order valence-corrected chi connectivity index (χ0v) is 18.2. The van der Waals surface area contributed by atoms with Crippen LogP contribution in [-0.4, -0.2) is 10.2 Å². The van der Waals surface area contributed by atoms with Crippen LogP contribution in [0.1, 0.15) is 44.5 Å². The number of hydrogen-bond acceptors (Lipinski definition) is 2. The lowest BCUT2D eigenvalue weighted by Crippen LogP contribution is -2.44. The molecule has 0 aliphatic heterocycles. The largest absolute Gasteiger partial charge is 0.376 e. The Morgan fingerprint density at radius 2 is 0.968 bits per heavy atom. The number of fused-ring (bicyclic) bond motifs is 2. The second-order valence-corrected chi connectivity index (χ2v) is 8.82. The Morgan fingerprint density at radius 1 is 0.548 bits per heavy atom. The van der Waals surface area contributed by atoms with Gasteiger partial charge in [-0.1, -0.05) is 102 Å². The Kier molecular flexibility index (Phi) is 4.56. The molecule has 0 fully saturated rings. The standard InChI is InChI=1S/C28H23ClO2/c1-18-7-11-20(12-8-18)27(30)23-5-3-4-6-24(23)28(31,21-13-9-19(2)10-14-21)26-17-22(29)15-16-25(26)27/h3-17,30-31H,1-2H3. The minimum atomic E-state index is -1.44. The van der Waals surface area contributed by atoms with Gasteiger partial charge in [-0.2, -0.15) is 0 Å². The first kappa shape index (κ1) is 20.0. The minimum Gasteiger partial charge on any atom is -0.376 e. The second kappa shape index (κ2) is 7.06. The Morgan fingerprint density at radius 3 is 1.45 bits per heavy atom. The van der Waals surface area contributed by atoms with E-state index in [0.717, 1.165) is 22.3 Å². The summed E-state index contributed by atoms with van der Waals surface area (Å²) in [6.45, 7) is 4.04. The third-order valence-corrected chi connectivity index (χ3v) is 6.64. The highest BCUT2D eigenvalue weighted by molar-refractivity contribution is 6.30. The van der Waals surface area contributed by atoms with E-state index < -0.39 is 11.2 Å². The maximum absolute atomic E-state index is 12.3. The fourth-order valence-electron chi connectivity index (χ4n) is 4.75. The monoisotopic (exact) mass is 426 g/mol. The predicted molar refractivity (Wildman–Crippen MR) is 124 cm³/mol. The molecule has 2 atom stereocenters. The van der Waals surface area contributed by atoms with Crippen LogP contribution in [-0.2, 0) is 11.2 Å². The van der Waals surface area contributed by atoms with Gasteiger partial charge >= 0.3 is 0 Å². The molecule has 0 radical (unpaired) electrons. The molecule has 154 valence electrons. The molecule has 5 rings (SSSR count). The van der Waals surface area contributed by atoms with E-state index in [4.69, 9.17) is 11.6 Å². The molecule has 1 aliphatic rings. The molecule has 0 spiro atoms. The van der Waals surface area contributed by atoms with Crippen molar-refractivity contribution in [2.75, 3.05) is 0 Å². The molecule has 0 saturated carbocycles. The molecule has 31 heavy (non-hydrogen) atoms. The number of halogens is 1. The van der Waals surface area contributed by atoms with Crippen LogP contribution in [0, 0.1) is 13.8 Å². The van der Waals surface area contributed by atoms with E-state index in [1.807, 2.05) is 92.7 Å². The van der Waals surface area contributed by atoms with Crippen molar-refractivity contribution in [3.63, 3.8) is 0 Å². The molecular formula is C28H23ClO2. The molecule has 0 aromatic heterocycles. The summed E-state index contributed by atoms with van der Waals surface area (Å²) in [6, 6.07) is 28.7. The van der Waals surface area contributed by atoms with E-state index in [9.17, 15) is 10.2 Å². The normalized spacial score (nSPS) is 22.0. The van der Waals surface area contributed by atoms with E-state index in [2.05, 4.69) is 0 Å². The van der Waals surface area contributed by atoms with E-state index in [0.29, 0.717) is 27.3 Å². The SMILES string of the molecule is Cc1ccc(C2(O)c3ccccc3C(O)(c3ccc(C)cc3)c3cc(Cl)ccc32)cc1. The lowest BCUT2D eigenvalue weighted by Gasteiger charge is -2.45. The van der Waals surface area contributed by atoms with E-state index in [1.165, 1.54) is 0 Å². The van der Waals surface area contributed by atoms with Crippen LogP contribution in [0.4, 0.5) is 0 Å². The van der Waals surface area contributed by atoms with Crippen molar-refractivity contribution in [1.82, 2.24) is 0 Å². The van der Waals surface area contributed by atoms with Crippen molar-refractivity contribution >= 4 is 11.6 Å².